The van der Waals surface area contributed by atoms with E-state index in [0.717, 1.165) is 16.6 Å². The molecule has 0 N–H and O–H groups in total. The first-order valence-electron chi connectivity index (χ1n) is 8.15. The third kappa shape index (κ3) is 4.83. The molecule has 5 nitrogen and oxygen atoms in total. The molecule has 1 aliphatic heterocycles. The van der Waals surface area contributed by atoms with E-state index < -0.39 is 0 Å². The highest BCUT2D eigenvalue weighted by Gasteiger charge is 2.37. The van der Waals surface area contributed by atoms with Gasteiger partial charge in [-0.25, -0.2) is 0 Å². The third-order valence-corrected chi connectivity index (χ3v) is 6.00. The predicted octanol–water partition coefficient (Wildman–Crippen LogP) is 3.63. The maximum absolute atomic E-state index is 12.5. The summed E-state index contributed by atoms with van der Waals surface area (Å²) < 4.78 is 11.7. The Morgan fingerprint density at radius 2 is 1.88 bits per heavy atom. The summed E-state index contributed by atoms with van der Waals surface area (Å²) >= 11 is 5.29. The predicted molar refractivity (Wildman–Crippen MR) is 106 cm³/mol. The summed E-state index contributed by atoms with van der Waals surface area (Å²) in [5.74, 6) is 2.03. The van der Waals surface area contributed by atoms with E-state index in [0.29, 0.717) is 23.8 Å². The number of benzene rings is 1. The van der Waals surface area contributed by atoms with Crippen LogP contribution in [-0.4, -0.2) is 62.9 Å². The van der Waals surface area contributed by atoms with Gasteiger partial charge in [-0.05, 0) is 31.6 Å². The molecule has 1 atom stereocenters. The Labute approximate surface area is 163 Å². The lowest BCUT2D eigenvalue weighted by molar-refractivity contribution is -0.129. The number of methoxy groups -OCH3 is 2. The second kappa shape index (κ2) is 8.18. The molecule has 140 valence electrons. The van der Waals surface area contributed by atoms with Crippen LogP contribution in [0.15, 0.2) is 16.6 Å². The highest BCUT2D eigenvalue weighted by Crippen LogP contribution is 2.46. The molecular formula is C18H27BrN2O3S. The van der Waals surface area contributed by atoms with E-state index in [1.165, 1.54) is 0 Å². The molecule has 1 aliphatic rings. The molecule has 1 heterocycles. The fourth-order valence-corrected chi connectivity index (χ4v) is 5.21. The van der Waals surface area contributed by atoms with Crippen molar-refractivity contribution in [3.8, 4) is 11.5 Å². The molecule has 0 saturated carbocycles. The van der Waals surface area contributed by atoms with E-state index in [4.69, 9.17) is 9.47 Å². The minimum Gasteiger partial charge on any atom is -0.493 e. The van der Waals surface area contributed by atoms with E-state index in [9.17, 15) is 4.79 Å². The van der Waals surface area contributed by atoms with Crippen LogP contribution < -0.4 is 9.47 Å². The average Bonchev–Trinajstić information content (AvgIpc) is 2.86. The topological polar surface area (TPSA) is 42.0 Å². The number of rotatable bonds is 7. The van der Waals surface area contributed by atoms with Crippen LogP contribution >= 0.6 is 27.7 Å². The van der Waals surface area contributed by atoms with Gasteiger partial charge in [0.25, 0.3) is 0 Å². The summed E-state index contributed by atoms with van der Waals surface area (Å²) in [4.78, 5) is 16.7. The highest BCUT2D eigenvalue weighted by molar-refractivity contribution is 9.10. The maximum atomic E-state index is 12.5. The molecule has 0 spiro atoms. The SMILES string of the molecule is COc1cc(Br)c(C2SCC(=O)N2CC(C)(C)CN(C)C)cc1OC. The van der Waals surface area contributed by atoms with Crippen LogP contribution in [0.4, 0.5) is 0 Å². The summed E-state index contributed by atoms with van der Waals surface area (Å²) in [6.45, 7) is 6.03. The van der Waals surface area contributed by atoms with Crippen molar-refractivity contribution in [1.82, 2.24) is 9.80 Å². The molecule has 7 heteroatoms. The van der Waals surface area contributed by atoms with E-state index in [2.05, 4.69) is 48.8 Å². The van der Waals surface area contributed by atoms with Crippen LogP contribution in [0.2, 0.25) is 0 Å². The zero-order chi connectivity index (χ0) is 18.8. The number of carbonyl (C=O) groups excluding carboxylic acids is 1. The largest absolute Gasteiger partial charge is 0.493 e. The molecule has 2 rings (SSSR count). The molecule has 1 unspecified atom stereocenters. The van der Waals surface area contributed by atoms with Crippen molar-refractivity contribution in [2.75, 3.05) is 47.2 Å². The number of halogens is 1. The van der Waals surface area contributed by atoms with Crippen molar-refractivity contribution in [2.45, 2.75) is 19.2 Å². The summed E-state index contributed by atoms with van der Waals surface area (Å²) in [6, 6.07) is 3.87. The van der Waals surface area contributed by atoms with Crippen molar-refractivity contribution in [1.29, 1.82) is 0 Å². The molecule has 1 fully saturated rings. The first kappa shape index (κ1) is 20.4. The van der Waals surface area contributed by atoms with E-state index in [-0.39, 0.29) is 16.7 Å². The molecule has 25 heavy (non-hydrogen) atoms. The van der Waals surface area contributed by atoms with Crippen LogP contribution in [0, 0.1) is 5.41 Å². The normalized spacial score (nSPS) is 18.2. The van der Waals surface area contributed by atoms with Gasteiger partial charge in [0, 0.05) is 23.1 Å². The molecule has 0 radical (unpaired) electrons. The van der Waals surface area contributed by atoms with Gasteiger partial charge in [-0.15, -0.1) is 11.8 Å². The minimum absolute atomic E-state index is 0.00530. The van der Waals surface area contributed by atoms with Gasteiger partial charge in [-0.2, -0.15) is 0 Å². The Balaban J connectivity index is 2.33. The van der Waals surface area contributed by atoms with E-state index in [1.54, 1.807) is 26.0 Å². The Bertz CT molecular complexity index is 637. The fraction of sp³-hybridized carbons (Fsp3) is 0.611. The molecule has 0 bridgehead atoms. The van der Waals surface area contributed by atoms with Gasteiger partial charge in [0.15, 0.2) is 11.5 Å². The molecular weight excluding hydrogens is 404 g/mol. The molecule has 1 aromatic rings. The Morgan fingerprint density at radius 1 is 1.28 bits per heavy atom. The number of thioether (sulfide) groups is 1. The number of hydrogen-bond acceptors (Lipinski definition) is 5. The van der Waals surface area contributed by atoms with Gasteiger partial charge >= 0.3 is 0 Å². The Kier molecular flexibility index (Phi) is 6.68. The lowest BCUT2D eigenvalue weighted by Crippen LogP contribution is -2.41. The summed E-state index contributed by atoms with van der Waals surface area (Å²) in [5.41, 5.74) is 1.04. The second-order valence-electron chi connectivity index (χ2n) is 7.32. The lowest BCUT2D eigenvalue weighted by Gasteiger charge is -2.35. The molecule has 1 amide bonds. The monoisotopic (exact) mass is 430 g/mol. The van der Waals surface area contributed by atoms with Gasteiger partial charge in [-0.1, -0.05) is 29.8 Å². The van der Waals surface area contributed by atoms with Gasteiger partial charge < -0.3 is 19.3 Å². The Morgan fingerprint density at radius 3 is 2.44 bits per heavy atom. The minimum atomic E-state index is -0.0249. The first-order valence-corrected chi connectivity index (χ1v) is 10.00. The average molecular weight is 431 g/mol. The van der Waals surface area contributed by atoms with Crippen LogP contribution in [-0.2, 0) is 4.79 Å². The van der Waals surface area contributed by atoms with Gasteiger partial charge in [0.1, 0.15) is 5.37 Å². The number of nitrogens with zero attached hydrogens (tertiary/aromatic N) is 2. The van der Waals surface area contributed by atoms with Crippen molar-refractivity contribution in [3.05, 3.63) is 22.2 Å². The van der Waals surface area contributed by atoms with Crippen molar-refractivity contribution < 1.29 is 14.3 Å². The summed E-state index contributed by atoms with van der Waals surface area (Å²) in [7, 11) is 7.36. The van der Waals surface area contributed by atoms with Gasteiger partial charge in [-0.3, -0.25) is 4.79 Å². The van der Waals surface area contributed by atoms with Crippen LogP contribution in [0.25, 0.3) is 0 Å². The van der Waals surface area contributed by atoms with Crippen LogP contribution in [0.5, 0.6) is 11.5 Å². The lowest BCUT2D eigenvalue weighted by atomic mass is 9.92. The van der Waals surface area contributed by atoms with Crippen LogP contribution in [0.1, 0.15) is 24.8 Å². The van der Waals surface area contributed by atoms with Gasteiger partial charge in [0.2, 0.25) is 5.91 Å². The zero-order valence-electron chi connectivity index (χ0n) is 15.8. The second-order valence-corrected chi connectivity index (χ2v) is 9.24. The quantitative estimate of drug-likeness (QED) is 0.660. The third-order valence-electron chi connectivity index (χ3n) is 4.08. The van der Waals surface area contributed by atoms with Crippen molar-refractivity contribution in [2.24, 2.45) is 5.41 Å². The maximum Gasteiger partial charge on any atom is 0.233 e. The van der Waals surface area contributed by atoms with Crippen molar-refractivity contribution in [3.63, 3.8) is 0 Å². The summed E-state index contributed by atoms with van der Waals surface area (Å²) in [6.07, 6.45) is 0. The van der Waals surface area contributed by atoms with E-state index >= 15 is 0 Å². The summed E-state index contributed by atoms with van der Waals surface area (Å²) in [5, 5.41) is -0.0249. The number of amides is 1. The number of carbonyl (C=O) groups is 1. The molecule has 1 saturated heterocycles. The standard InChI is InChI=1S/C18H27BrN2O3S/c1-18(2,10-20(3)4)11-21-16(22)9-25-17(21)12-7-14(23-5)15(24-6)8-13(12)19/h7-8,17H,9-11H2,1-6H3. The van der Waals surface area contributed by atoms with Gasteiger partial charge in [0.05, 0.1) is 20.0 Å². The van der Waals surface area contributed by atoms with Crippen LogP contribution in [0.3, 0.4) is 0 Å². The van der Waals surface area contributed by atoms with E-state index in [1.807, 2.05) is 17.0 Å². The fourth-order valence-electron chi connectivity index (χ4n) is 3.31. The first-order chi connectivity index (χ1) is 11.7. The highest BCUT2D eigenvalue weighted by atomic mass is 79.9. The van der Waals surface area contributed by atoms with Crippen molar-refractivity contribution >= 4 is 33.6 Å². The smallest absolute Gasteiger partial charge is 0.233 e. The number of ether oxygens (including phenoxy) is 2. The molecule has 0 aliphatic carbocycles. The zero-order valence-corrected chi connectivity index (χ0v) is 18.2. The molecule has 1 aromatic carbocycles. The Hall–Kier alpha value is -0.920. The molecule has 0 aromatic heterocycles. The number of hydrogen-bond donors (Lipinski definition) is 0.